The Hall–Kier alpha value is -2.11. The second-order valence-electron chi connectivity index (χ2n) is 5.77. The van der Waals surface area contributed by atoms with Crippen molar-refractivity contribution in [2.45, 2.75) is 12.6 Å². The highest BCUT2D eigenvalue weighted by Crippen LogP contribution is 2.31. The van der Waals surface area contributed by atoms with E-state index in [-0.39, 0.29) is 6.10 Å². The van der Waals surface area contributed by atoms with Gasteiger partial charge in [0.05, 0.1) is 16.8 Å². The molecule has 4 nitrogen and oxygen atoms in total. The molecule has 0 aliphatic carbocycles. The van der Waals surface area contributed by atoms with Gasteiger partial charge in [0.2, 0.25) is 0 Å². The van der Waals surface area contributed by atoms with Crippen LogP contribution in [0.25, 0.3) is 10.2 Å². The van der Waals surface area contributed by atoms with Crippen LogP contribution in [-0.4, -0.2) is 36.2 Å². The highest BCUT2D eigenvalue weighted by Gasteiger charge is 2.22. The van der Waals surface area contributed by atoms with Gasteiger partial charge in [0.15, 0.2) is 11.5 Å². The van der Waals surface area contributed by atoms with Crippen molar-refractivity contribution in [3.63, 3.8) is 0 Å². The zero-order chi connectivity index (χ0) is 15.6. The first-order valence-electron chi connectivity index (χ1n) is 7.69. The standard InChI is InChI=1S/C18H18N2O2S/c1-20(11-18-19-14-6-2-5-9-17(14)23-18)10-13-12-21-15-7-3-4-8-16(15)22-13/h2-9,13H,10-12H2,1H3/t13-/m0/s1. The molecule has 0 fully saturated rings. The van der Waals surface area contributed by atoms with Crippen LogP contribution in [-0.2, 0) is 6.54 Å². The summed E-state index contributed by atoms with van der Waals surface area (Å²) in [6.45, 7) is 2.21. The second kappa shape index (κ2) is 6.18. The Morgan fingerprint density at radius 1 is 1.13 bits per heavy atom. The lowest BCUT2D eigenvalue weighted by molar-refractivity contribution is 0.0638. The van der Waals surface area contributed by atoms with Gasteiger partial charge in [-0.1, -0.05) is 24.3 Å². The maximum absolute atomic E-state index is 6.02. The fourth-order valence-electron chi connectivity index (χ4n) is 2.78. The first kappa shape index (κ1) is 14.5. The van der Waals surface area contributed by atoms with E-state index in [4.69, 9.17) is 9.47 Å². The minimum Gasteiger partial charge on any atom is -0.486 e. The molecule has 1 atom stereocenters. The van der Waals surface area contributed by atoms with Gasteiger partial charge in [-0.05, 0) is 31.3 Å². The third kappa shape index (κ3) is 3.16. The average Bonchev–Trinajstić information content (AvgIpc) is 2.96. The van der Waals surface area contributed by atoms with E-state index in [0.29, 0.717) is 6.61 Å². The molecule has 0 bridgehead atoms. The lowest BCUT2D eigenvalue weighted by atomic mass is 10.2. The third-order valence-corrected chi connectivity index (χ3v) is 4.85. The number of thiazole rings is 1. The van der Waals surface area contributed by atoms with E-state index in [1.807, 2.05) is 30.3 Å². The first-order chi connectivity index (χ1) is 11.3. The molecule has 1 aromatic heterocycles. The molecule has 3 aromatic rings. The Labute approximate surface area is 139 Å². The zero-order valence-corrected chi connectivity index (χ0v) is 13.8. The van der Waals surface area contributed by atoms with Crippen LogP contribution in [0.3, 0.4) is 0 Å². The molecule has 2 aromatic carbocycles. The zero-order valence-electron chi connectivity index (χ0n) is 12.9. The smallest absolute Gasteiger partial charge is 0.161 e. The van der Waals surface area contributed by atoms with Crippen LogP contribution >= 0.6 is 11.3 Å². The molecule has 118 valence electrons. The monoisotopic (exact) mass is 326 g/mol. The van der Waals surface area contributed by atoms with Crippen molar-refractivity contribution in [2.75, 3.05) is 20.2 Å². The Bertz CT molecular complexity index is 784. The quantitative estimate of drug-likeness (QED) is 0.734. The van der Waals surface area contributed by atoms with Crippen molar-refractivity contribution in [2.24, 2.45) is 0 Å². The van der Waals surface area contributed by atoms with Crippen molar-refractivity contribution in [1.82, 2.24) is 9.88 Å². The van der Waals surface area contributed by atoms with Crippen LogP contribution in [0.5, 0.6) is 11.5 Å². The molecule has 0 N–H and O–H groups in total. The number of para-hydroxylation sites is 3. The van der Waals surface area contributed by atoms with E-state index >= 15 is 0 Å². The van der Waals surface area contributed by atoms with Crippen LogP contribution in [0.2, 0.25) is 0 Å². The molecule has 23 heavy (non-hydrogen) atoms. The molecule has 2 heterocycles. The van der Waals surface area contributed by atoms with Crippen LogP contribution < -0.4 is 9.47 Å². The Kier molecular flexibility index (Phi) is 3.89. The van der Waals surface area contributed by atoms with Crippen molar-refractivity contribution in [3.8, 4) is 11.5 Å². The predicted molar refractivity (Wildman–Crippen MR) is 92.3 cm³/mol. The largest absolute Gasteiger partial charge is 0.486 e. The molecule has 0 saturated carbocycles. The van der Waals surface area contributed by atoms with Gasteiger partial charge in [-0.15, -0.1) is 11.3 Å². The minimum absolute atomic E-state index is 0.0456. The topological polar surface area (TPSA) is 34.6 Å². The number of hydrogen-bond donors (Lipinski definition) is 0. The van der Waals surface area contributed by atoms with Gasteiger partial charge in [-0.2, -0.15) is 0 Å². The number of benzene rings is 2. The molecular formula is C18H18N2O2S. The molecule has 0 amide bonds. The number of rotatable bonds is 4. The number of nitrogens with zero attached hydrogens (tertiary/aromatic N) is 2. The fourth-order valence-corrected chi connectivity index (χ4v) is 3.83. The second-order valence-corrected chi connectivity index (χ2v) is 6.88. The van der Waals surface area contributed by atoms with E-state index in [1.54, 1.807) is 11.3 Å². The van der Waals surface area contributed by atoms with Crippen molar-refractivity contribution >= 4 is 21.6 Å². The van der Waals surface area contributed by atoms with Gasteiger partial charge in [0.1, 0.15) is 17.7 Å². The highest BCUT2D eigenvalue weighted by molar-refractivity contribution is 7.18. The maximum Gasteiger partial charge on any atom is 0.161 e. The lowest BCUT2D eigenvalue weighted by Gasteiger charge is -2.29. The summed E-state index contributed by atoms with van der Waals surface area (Å²) >= 11 is 1.75. The van der Waals surface area contributed by atoms with Gasteiger partial charge in [-0.25, -0.2) is 4.98 Å². The number of hydrogen-bond acceptors (Lipinski definition) is 5. The summed E-state index contributed by atoms with van der Waals surface area (Å²) in [5.41, 5.74) is 1.08. The van der Waals surface area contributed by atoms with Crippen molar-refractivity contribution in [3.05, 3.63) is 53.5 Å². The number of ether oxygens (including phenoxy) is 2. The van der Waals surface area contributed by atoms with Gasteiger partial charge in [-0.3, -0.25) is 4.90 Å². The first-order valence-corrected chi connectivity index (χ1v) is 8.51. The number of aromatic nitrogens is 1. The number of fused-ring (bicyclic) bond motifs is 2. The van der Waals surface area contributed by atoms with E-state index < -0.39 is 0 Å². The van der Waals surface area contributed by atoms with Crippen LogP contribution in [0.15, 0.2) is 48.5 Å². The summed E-state index contributed by atoms with van der Waals surface area (Å²) in [6, 6.07) is 16.1. The van der Waals surface area contributed by atoms with Gasteiger partial charge in [0, 0.05) is 6.54 Å². The van der Waals surface area contributed by atoms with E-state index in [2.05, 4.69) is 35.1 Å². The molecule has 1 aliphatic rings. The molecule has 4 rings (SSSR count). The van der Waals surface area contributed by atoms with Crippen LogP contribution in [0.1, 0.15) is 5.01 Å². The summed E-state index contributed by atoms with van der Waals surface area (Å²) in [5.74, 6) is 1.66. The summed E-state index contributed by atoms with van der Waals surface area (Å²) in [6.07, 6.45) is 0.0456. The number of likely N-dealkylation sites (N-methyl/N-ethyl adjacent to an activating group) is 1. The fraction of sp³-hybridized carbons (Fsp3) is 0.278. The summed E-state index contributed by atoms with van der Waals surface area (Å²) < 4.78 is 13.0. The molecular weight excluding hydrogens is 308 g/mol. The van der Waals surface area contributed by atoms with E-state index in [9.17, 15) is 0 Å². The summed E-state index contributed by atoms with van der Waals surface area (Å²) in [4.78, 5) is 6.92. The van der Waals surface area contributed by atoms with Gasteiger partial charge >= 0.3 is 0 Å². The third-order valence-electron chi connectivity index (χ3n) is 3.83. The van der Waals surface area contributed by atoms with Crippen LogP contribution in [0.4, 0.5) is 0 Å². The molecule has 0 saturated heterocycles. The van der Waals surface area contributed by atoms with E-state index in [1.165, 1.54) is 4.70 Å². The summed E-state index contributed by atoms with van der Waals surface area (Å²) in [5, 5.41) is 1.13. The maximum atomic E-state index is 6.02. The Balaban J connectivity index is 1.39. The molecule has 0 radical (unpaired) electrons. The van der Waals surface area contributed by atoms with Gasteiger partial charge < -0.3 is 9.47 Å². The molecule has 0 spiro atoms. The SMILES string of the molecule is CN(Cc1nc2ccccc2s1)C[C@H]1COc2ccccc2O1. The minimum atomic E-state index is 0.0456. The highest BCUT2D eigenvalue weighted by atomic mass is 32.1. The van der Waals surface area contributed by atoms with Crippen molar-refractivity contribution in [1.29, 1.82) is 0 Å². The molecule has 0 unspecified atom stereocenters. The Morgan fingerprint density at radius 3 is 2.78 bits per heavy atom. The normalized spacial score (nSPS) is 16.9. The molecule has 5 heteroatoms. The van der Waals surface area contributed by atoms with Crippen molar-refractivity contribution < 1.29 is 9.47 Å². The molecule has 1 aliphatic heterocycles. The van der Waals surface area contributed by atoms with Gasteiger partial charge in [0.25, 0.3) is 0 Å². The average molecular weight is 326 g/mol. The predicted octanol–water partition coefficient (Wildman–Crippen LogP) is 3.57. The lowest BCUT2D eigenvalue weighted by Crippen LogP contribution is -2.39. The summed E-state index contributed by atoms with van der Waals surface area (Å²) in [7, 11) is 2.09. The Morgan fingerprint density at radius 2 is 1.91 bits per heavy atom. The van der Waals surface area contributed by atoms with Crippen LogP contribution in [0, 0.1) is 0 Å². The van der Waals surface area contributed by atoms with E-state index in [0.717, 1.165) is 35.1 Å².